The summed E-state index contributed by atoms with van der Waals surface area (Å²) in [6, 6.07) is 7.88. The van der Waals surface area contributed by atoms with Gasteiger partial charge in [-0.1, -0.05) is 11.8 Å². The zero-order valence-corrected chi connectivity index (χ0v) is 16.4. The third-order valence-corrected chi connectivity index (χ3v) is 4.44. The van der Waals surface area contributed by atoms with Crippen LogP contribution in [0.5, 0.6) is 0 Å². The minimum atomic E-state index is -0.563. The number of ether oxygens (including phenoxy) is 1. The van der Waals surface area contributed by atoms with Crippen LogP contribution in [0.1, 0.15) is 19.5 Å². The van der Waals surface area contributed by atoms with Crippen LogP contribution in [0.2, 0.25) is 0 Å². The van der Waals surface area contributed by atoms with E-state index < -0.39 is 16.8 Å². The average Bonchev–Trinajstić information content (AvgIpc) is 2.62. The van der Waals surface area contributed by atoms with Crippen LogP contribution >= 0.6 is 11.8 Å². The van der Waals surface area contributed by atoms with Gasteiger partial charge in [-0.15, -0.1) is 0 Å². The lowest BCUT2D eigenvalue weighted by molar-refractivity contribution is -0.139. The van der Waals surface area contributed by atoms with Crippen LogP contribution in [0, 0.1) is 0 Å². The van der Waals surface area contributed by atoms with E-state index in [0.717, 1.165) is 11.8 Å². The Balaban J connectivity index is 2.01. The minimum absolute atomic E-state index is 0.130. The van der Waals surface area contributed by atoms with E-state index in [4.69, 9.17) is 0 Å². The summed E-state index contributed by atoms with van der Waals surface area (Å²) in [6.07, 6.45) is -0.130. The van der Waals surface area contributed by atoms with Crippen LogP contribution in [-0.4, -0.2) is 40.1 Å². The first-order chi connectivity index (χ1) is 13.3. The molecule has 1 atom stereocenters. The number of aromatic nitrogens is 2. The van der Waals surface area contributed by atoms with E-state index in [9.17, 15) is 19.2 Å². The van der Waals surface area contributed by atoms with Gasteiger partial charge in [0.15, 0.2) is 5.16 Å². The first kappa shape index (κ1) is 21.2. The summed E-state index contributed by atoms with van der Waals surface area (Å²) in [5.74, 6) is -0.987. The zero-order chi connectivity index (χ0) is 20.7. The molecule has 1 aromatic heterocycles. The van der Waals surface area contributed by atoms with Crippen LogP contribution in [-0.2, 0) is 25.5 Å². The lowest BCUT2D eigenvalue weighted by atomic mass is 10.2. The lowest BCUT2D eigenvalue weighted by Gasteiger charge is -2.12. The van der Waals surface area contributed by atoms with Crippen LogP contribution in [0.25, 0.3) is 0 Å². The maximum absolute atomic E-state index is 12.4. The summed E-state index contributed by atoms with van der Waals surface area (Å²) >= 11 is 1.06. The molecule has 3 N–H and O–H groups in total. The van der Waals surface area contributed by atoms with E-state index in [1.165, 1.54) is 20.1 Å². The molecule has 0 fully saturated rings. The second kappa shape index (κ2) is 9.70. The van der Waals surface area contributed by atoms with E-state index in [2.05, 4.69) is 25.3 Å². The number of hydrogen-bond acceptors (Lipinski definition) is 7. The maximum atomic E-state index is 12.4. The number of H-pyrrole nitrogens is 1. The van der Waals surface area contributed by atoms with Crippen molar-refractivity contribution in [1.82, 2.24) is 9.97 Å². The van der Waals surface area contributed by atoms with E-state index in [1.807, 2.05) is 0 Å². The molecular formula is C18H20N4O5S. The molecule has 2 rings (SSSR count). The Kier molecular flexibility index (Phi) is 7.33. The van der Waals surface area contributed by atoms with Crippen LogP contribution in [0.15, 0.2) is 40.3 Å². The highest BCUT2D eigenvalue weighted by Gasteiger charge is 2.17. The van der Waals surface area contributed by atoms with Gasteiger partial charge in [-0.3, -0.25) is 19.2 Å². The van der Waals surface area contributed by atoms with Crippen molar-refractivity contribution in [2.24, 2.45) is 0 Å². The SMILES string of the molecule is COC(=O)Cc1cc(=O)[nH]c(S[C@H](C)C(=O)Nc2ccc(NC(C)=O)cc2)n1. The maximum Gasteiger partial charge on any atom is 0.311 e. The molecule has 1 aromatic carbocycles. The quantitative estimate of drug-likeness (QED) is 0.363. The van der Waals surface area contributed by atoms with Gasteiger partial charge in [0.1, 0.15) is 0 Å². The number of nitrogens with one attached hydrogen (secondary N) is 3. The molecule has 28 heavy (non-hydrogen) atoms. The average molecular weight is 404 g/mol. The highest BCUT2D eigenvalue weighted by Crippen LogP contribution is 2.21. The summed E-state index contributed by atoms with van der Waals surface area (Å²) in [5.41, 5.74) is 1.03. The second-order valence-electron chi connectivity index (χ2n) is 5.80. The predicted molar refractivity (Wildman–Crippen MR) is 105 cm³/mol. The highest BCUT2D eigenvalue weighted by molar-refractivity contribution is 8.00. The molecule has 0 aliphatic carbocycles. The van der Waals surface area contributed by atoms with E-state index in [0.29, 0.717) is 11.4 Å². The Hall–Kier alpha value is -3.14. The van der Waals surface area contributed by atoms with Gasteiger partial charge in [-0.25, -0.2) is 4.98 Å². The van der Waals surface area contributed by atoms with E-state index in [-0.39, 0.29) is 29.1 Å². The number of amides is 2. The van der Waals surface area contributed by atoms with E-state index in [1.54, 1.807) is 31.2 Å². The van der Waals surface area contributed by atoms with Crippen molar-refractivity contribution in [3.8, 4) is 0 Å². The number of carbonyl (C=O) groups excluding carboxylic acids is 3. The fraction of sp³-hybridized carbons (Fsp3) is 0.278. The Labute approximate surface area is 165 Å². The number of esters is 1. The first-order valence-corrected chi connectivity index (χ1v) is 9.17. The van der Waals surface area contributed by atoms with Gasteiger partial charge < -0.3 is 20.4 Å². The van der Waals surface area contributed by atoms with Gasteiger partial charge in [-0.2, -0.15) is 0 Å². The summed E-state index contributed by atoms with van der Waals surface area (Å²) in [5, 5.41) is 5.05. The normalized spacial score (nSPS) is 11.4. The molecule has 0 radical (unpaired) electrons. The monoisotopic (exact) mass is 404 g/mol. The second-order valence-corrected chi connectivity index (χ2v) is 7.13. The molecular weight excluding hydrogens is 384 g/mol. The molecule has 0 aliphatic heterocycles. The number of aromatic amines is 1. The fourth-order valence-corrected chi connectivity index (χ4v) is 2.99. The molecule has 0 aliphatic rings. The number of benzene rings is 1. The van der Waals surface area contributed by atoms with Crippen molar-refractivity contribution in [1.29, 1.82) is 0 Å². The molecule has 2 aromatic rings. The molecule has 0 bridgehead atoms. The fourth-order valence-electron chi connectivity index (χ4n) is 2.15. The van der Waals surface area contributed by atoms with Crippen LogP contribution < -0.4 is 16.2 Å². The lowest BCUT2D eigenvalue weighted by Crippen LogP contribution is -2.23. The smallest absolute Gasteiger partial charge is 0.311 e. The van der Waals surface area contributed by atoms with Gasteiger partial charge in [0.25, 0.3) is 5.56 Å². The largest absolute Gasteiger partial charge is 0.469 e. The standard InChI is InChI=1S/C18H20N4O5S/c1-10(17(26)20-13-6-4-12(5-7-13)19-11(2)23)28-18-21-14(8-15(24)22-18)9-16(25)27-3/h4-8,10H,9H2,1-3H3,(H,19,23)(H,20,26)(H,21,22,24)/t10-/m1/s1. The van der Waals surface area contributed by atoms with Gasteiger partial charge in [-0.05, 0) is 31.2 Å². The molecule has 10 heteroatoms. The Morgan fingerprint density at radius 1 is 1.18 bits per heavy atom. The van der Waals surface area contributed by atoms with Crippen molar-refractivity contribution < 1.29 is 19.1 Å². The summed E-state index contributed by atoms with van der Waals surface area (Å²) in [4.78, 5) is 53.2. The number of rotatable bonds is 7. The Morgan fingerprint density at radius 3 is 2.36 bits per heavy atom. The number of nitrogens with zero attached hydrogens (tertiary/aromatic N) is 1. The molecule has 1 heterocycles. The number of methoxy groups -OCH3 is 1. The highest BCUT2D eigenvalue weighted by atomic mass is 32.2. The molecule has 148 valence electrons. The number of thioether (sulfide) groups is 1. The molecule has 0 saturated heterocycles. The van der Waals surface area contributed by atoms with Gasteiger partial charge >= 0.3 is 5.97 Å². The summed E-state index contributed by atoms with van der Waals surface area (Å²) < 4.78 is 4.56. The Morgan fingerprint density at radius 2 is 1.79 bits per heavy atom. The third kappa shape index (κ3) is 6.54. The van der Waals surface area contributed by atoms with Crippen molar-refractivity contribution in [3.05, 3.63) is 46.4 Å². The van der Waals surface area contributed by atoms with Gasteiger partial charge in [0, 0.05) is 24.4 Å². The summed E-state index contributed by atoms with van der Waals surface area (Å²) in [7, 11) is 1.25. The molecule has 0 saturated carbocycles. The molecule has 2 amide bonds. The number of hydrogen-bond donors (Lipinski definition) is 3. The van der Waals surface area contributed by atoms with Crippen LogP contribution in [0.3, 0.4) is 0 Å². The van der Waals surface area contributed by atoms with Crippen molar-refractivity contribution in [2.75, 3.05) is 17.7 Å². The molecule has 0 spiro atoms. The van der Waals surface area contributed by atoms with E-state index >= 15 is 0 Å². The first-order valence-electron chi connectivity index (χ1n) is 8.29. The third-order valence-electron chi connectivity index (χ3n) is 3.46. The molecule has 9 nitrogen and oxygen atoms in total. The van der Waals surface area contributed by atoms with Crippen molar-refractivity contribution in [3.63, 3.8) is 0 Å². The van der Waals surface area contributed by atoms with Crippen molar-refractivity contribution in [2.45, 2.75) is 30.7 Å². The van der Waals surface area contributed by atoms with Crippen LogP contribution in [0.4, 0.5) is 11.4 Å². The minimum Gasteiger partial charge on any atom is -0.469 e. The predicted octanol–water partition coefficient (Wildman–Crippen LogP) is 1.56. The van der Waals surface area contributed by atoms with Gasteiger partial charge in [0.2, 0.25) is 11.8 Å². The van der Waals surface area contributed by atoms with Crippen molar-refractivity contribution >= 4 is 40.9 Å². The van der Waals surface area contributed by atoms with Gasteiger partial charge in [0.05, 0.1) is 24.5 Å². The zero-order valence-electron chi connectivity index (χ0n) is 15.6. The Bertz CT molecular complexity index is 926. The number of anilines is 2. The molecule has 0 unspecified atom stereocenters. The summed E-state index contributed by atoms with van der Waals surface area (Å²) in [6.45, 7) is 3.08. The number of carbonyl (C=O) groups is 3. The topological polar surface area (TPSA) is 130 Å².